The normalized spacial score (nSPS) is 10.4. The summed E-state index contributed by atoms with van der Waals surface area (Å²) in [6.45, 7) is 1.69. The number of aryl methyl sites for hydroxylation is 2. The lowest BCUT2D eigenvalue weighted by Crippen LogP contribution is -1.92. The third-order valence-corrected chi connectivity index (χ3v) is 2.18. The van der Waals surface area contributed by atoms with Crippen molar-refractivity contribution in [2.45, 2.75) is 6.92 Å². The van der Waals surface area contributed by atoms with Crippen molar-refractivity contribution in [2.24, 2.45) is 7.05 Å². The molecular weight excluding hydrogens is 209 g/mol. The third-order valence-electron chi connectivity index (χ3n) is 2.18. The van der Waals surface area contributed by atoms with Crippen LogP contribution in [-0.2, 0) is 7.05 Å². The molecule has 84 valence electrons. The molecule has 0 atom stereocenters. The van der Waals surface area contributed by atoms with Gasteiger partial charge in [0.05, 0.1) is 6.20 Å². The van der Waals surface area contributed by atoms with Crippen LogP contribution in [0.1, 0.15) is 5.56 Å². The van der Waals surface area contributed by atoms with E-state index >= 15 is 0 Å². The molecule has 0 aliphatic rings. The summed E-state index contributed by atoms with van der Waals surface area (Å²) in [5, 5.41) is 4.00. The molecule has 1 aromatic heterocycles. The van der Waals surface area contributed by atoms with Crippen LogP contribution in [0.3, 0.4) is 0 Å². The van der Waals surface area contributed by atoms with Crippen LogP contribution in [0.2, 0.25) is 0 Å². The molecule has 0 unspecified atom stereocenters. The Morgan fingerprint density at radius 1 is 1.44 bits per heavy atom. The number of aromatic nitrogens is 2. The number of anilines is 1. The van der Waals surface area contributed by atoms with Crippen LogP contribution in [0, 0.1) is 12.7 Å². The van der Waals surface area contributed by atoms with E-state index in [0.717, 1.165) is 0 Å². The van der Waals surface area contributed by atoms with Gasteiger partial charge in [-0.15, -0.1) is 5.10 Å². The highest BCUT2D eigenvalue weighted by Gasteiger charge is 2.07. The van der Waals surface area contributed by atoms with Crippen molar-refractivity contribution >= 4 is 5.69 Å². The van der Waals surface area contributed by atoms with Gasteiger partial charge in [0.15, 0.2) is 0 Å². The van der Waals surface area contributed by atoms with E-state index in [1.807, 2.05) is 0 Å². The first kappa shape index (κ1) is 10.5. The third kappa shape index (κ3) is 1.98. The summed E-state index contributed by atoms with van der Waals surface area (Å²) in [6, 6.07) is 4.62. The number of hydrogen-bond donors (Lipinski definition) is 1. The fourth-order valence-electron chi connectivity index (χ4n) is 1.31. The van der Waals surface area contributed by atoms with Crippen molar-refractivity contribution in [1.82, 2.24) is 9.78 Å². The summed E-state index contributed by atoms with van der Waals surface area (Å²) in [7, 11) is 1.74. The first-order valence-electron chi connectivity index (χ1n) is 4.79. The fourth-order valence-corrected chi connectivity index (χ4v) is 1.31. The minimum absolute atomic E-state index is 0.283. The zero-order valence-corrected chi connectivity index (χ0v) is 9.07. The maximum atomic E-state index is 13.3. The first-order chi connectivity index (χ1) is 7.56. The SMILES string of the molecule is Cc1ccc(Oc2nn(C)cc2N)cc1F. The molecule has 0 amide bonds. The monoisotopic (exact) mass is 221 g/mol. The molecule has 0 saturated heterocycles. The van der Waals surface area contributed by atoms with Gasteiger partial charge in [-0.25, -0.2) is 4.39 Å². The second kappa shape index (κ2) is 3.84. The molecule has 2 aromatic rings. The van der Waals surface area contributed by atoms with Gasteiger partial charge >= 0.3 is 0 Å². The number of halogens is 1. The quantitative estimate of drug-likeness (QED) is 0.846. The van der Waals surface area contributed by atoms with E-state index in [1.54, 1.807) is 32.3 Å². The summed E-state index contributed by atoms with van der Waals surface area (Å²) in [6.07, 6.45) is 1.62. The molecule has 2 rings (SSSR count). The van der Waals surface area contributed by atoms with Gasteiger partial charge in [0.1, 0.15) is 17.3 Å². The van der Waals surface area contributed by atoms with Crippen molar-refractivity contribution in [3.8, 4) is 11.6 Å². The van der Waals surface area contributed by atoms with Crippen molar-refractivity contribution in [3.05, 3.63) is 35.8 Å². The lowest BCUT2D eigenvalue weighted by atomic mass is 10.2. The maximum absolute atomic E-state index is 13.3. The Balaban J connectivity index is 2.27. The van der Waals surface area contributed by atoms with Crippen molar-refractivity contribution < 1.29 is 9.13 Å². The highest BCUT2D eigenvalue weighted by atomic mass is 19.1. The summed E-state index contributed by atoms with van der Waals surface area (Å²) in [5.41, 5.74) is 6.65. The Morgan fingerprint density at radius 2 is 2.19 bits per heavy atom. The van der Waals surface area contributed by atoms with Gasteiger partial charge in [0.25, 0.3) is 5.88 Å². The Labute approximate surface area is 92.4 Å². The number of nitrogens with zero attached hydrogens (tertiary/aromatic N) is 2. The van der Waals surface area contributed by atoms with Crippen LogP contribution in [-0.4, -0.2) is 9.78 Å². The van der Waals surface area contributed by atoms with Gasteiger partial charge < -0.3 is 10.5 Å². The Morgan fingerprint density at radius 3 is 2.75 bits per heavy atom. The highest BCUT2D eigenvalue weighted by Crippen LogP contribution is 2.26. The molecular formula is C11H12FN3O. The van der Waals surface area contributed by atoms with Crippen LogP contribution in [0.25, 0.3) is 0 Å². The predicted molar refractivity (Wildman–Crippen MR) is 58.8 cm³/mol. The van der Waals surface area contributed by atoms with Gasteiger partial charge in [0.2, 0.25) is 0 Å². The molecule has 1 heterocycles. The first-order valence-corrected chi connectivity index (χ1v) is 4.79. The molecule has 0 radical (unpaired) electrons. The molecule has 4 nitrogen and oxygen atoms in total. The van der Waals surface area contributed by atoms with Gasteiger partial charge in [-0.3, -0.25) is 4.68 Å². The zero-order valence-electron chi connectivity index (χ0n) is 9.07. The molecule has 0 spiro atoms. The largest absolute Gasteiger partial charge is 0.436 e. The summed E-state index contributed by atoms with van der Waals surface area (Å²) in [4.78, 5) is 0. The molecule has 5 heteroatoms. The molecule has 2 N–H and O–H groups in total. The highest BCUT2D eigenvalue weighted by molar-refractivity contribution is 5.48. The van der Waals surface area contributed by atoms with E-state index in [4.69, 9.17) is 10.5 Å². The zero-order chi connectivity index (χ0) is 11.7. The van der Waals surface area contributed by atoms with Crippen LogP contribution < -0.4 is 10.5 Å². The van der Waals surface area contributed by atoms with Crippen LogP contribution in [0.4, 0.5) is 10.1 Å². The number of hydrogen-bond acceptors (Lipinski definition) is 3. The van der Waals surface area contributed by atoms with E-state index in [0.29, 0.717) is 17.0 Å². The molecule has 0 aliphatic carbocycles. The number of nitrogen functional groups attached to an aromatic ring is 1. The minimum atomic E-state index is -0.313. The Kier molecular flexibility index (Phi) is 2.52. The summed E-state index contributed by atoms with van der Waals surface area (Å²) >= 11 is 0. The molecule has 0 saturated carbocycles. The second-order valence-electron chi connectivity index (χ2n) is 3.58. The van der Waals surface area contributed by atoms with Crippen LogP contribution >= 0.6 is 0 Å². The number of ether oxygens (including phenoxy) is 1. The lowest BCUT2D eigenvalue weighted by Gasteiger charge is -2.04. The van der Waals surface area contributed by atoms with E-state index in [2.05, 4.69) is 5.10 Å². The summed E-state index contributed by atoms with van der Waals surface area (Å²) in [5.74, 6) is 0.353. The lowest BCUT2D eigenvalue weighted by molar-refractivity contribution is 0.451. The number of nitrogens with two attached hydrogens (primary N) is 1. The molecule has 0 aliphatic heterocycles. The topological polar surface area (TPSA) is 53.1 Å². The van der Waals surface area contributed by atoms with Gasteiger partial charge in [0, 0.05) is 13.1 Å². The fraction of sp³-hybridized carbons (Fsp3) is 0.182. The molecule has 0 bridgehead atoms. The molecule has 16 heavy (non-hydrogen) atoms. The predicted octanol–water partition coefficient (Wildman–Crippen LogP) is 2.24. The maximum Gasteiger partial charge on any atom is 0.261 e. The van der Waals surface area contributed by atoms with E-state index in [-0.39, 0.29) is 11.7 Å². The number of rotatable bonds is 2. The van der Waals surface area contributed by atoms with E-state index in [1.165, 1.54) is 10.7 Å². The van der Waals surface area contributed by atoms with Crippen LogP contribution in [0.15, 0.2) is 24.4 Å². The van der Waals surface area contributed by atoms with E-state index in [9.17, 15) is 4.39 Å². The van der Waals surface area contributed by atoms with Gasteiger partial charge in [-0.2, -0.15) is 0 Å². The smallest absolute Gasteiger partial charge is 0.261 e. The standard InChI is InChI=1S/C11H12FN3O/c1-7-3-4-8(5-9(7)12)16-11-10(13)6-15(2)14-11/h3-6H,13H2,1-2H3. The minimum Gasteiger partial charge on any atom is -0.436 e. The van der Waals surface area contributed by atoms with Crippen molar-refractivity contribution in [1.29, 1.82) is 0 Å². The van der Waals surface area contributed by atoms with E-state index < -0.39 is 0 Å². The Hall–Kier alpha value is -2.04. The summed E-state index contributed by atoms with van der Waals surface area (Å²) < 4.78 is 20.2. The molecule has 0 fully saturated rings. The average Bonchev–Trinajstić information content (AvgIpc) is 2.51. The van der Waals surface area contributed by atoms with Crippen LogP contribution in [0.5, 0.6) is 11.6 Å². The van der Waals surface area contributed by atoms with Crippen molar-refractivity contribution in [2.75, 3.05) is 5.73 Å². The Bertz CT molecular complexity index is 522. The second-order valence-corrected chi connectivity index (χ2v) is 3.58. The molecule has 1 aromatic carbocycles. The number of benzene rings is 1. The van der Waals surface area contributed by atoms with Gasteiger partial charge in [-0.1, -0.05) is 6.07 Å². The van der Waals surface area contributed by atoms with Gasteiger partial charge in [-0.05, 0) is 18.6 Å². The average molecular weight is 221 g/mol. The van der Waals surface area contributed by atoms with Crippen molar-refractivity contribution in [3.63, 3.8) is 0 Å².